The number of benzene rings is 3. The van der Waals surface area contributed by atoms with Crippen LogP contribution in [0.1, 0.15) is 45.3 Å². The Morgan fingerprint density at radius 2 is 1.65 bits per heavy atom. The van der Waals surface area contributed by atoms with Crippen molar-refractivity contribution in [3.8, 4) is 5.75 Å². The Labute approximate surface area is 200 Å². The molecule has 1 aromatic heterocycles. The highest BCUT2D eigenvalue weighted by Gasteiger charge is 2.18. The van der Waals surface area contributed by atoms with E-state index in [1.54, 1.807) is 0 Å². The number of nitrogens with zero attached hydrogens (tertiary/aromatic N) is 1. The van der Waals surface area contributed by atoms with Crippen LogP contribution < -0.4 is 10.1 Å². The predicted molar refractivity (Wildman–Crippen MR) is 133 cm³/mol. The molecule has 0 aliphatic carbocycles. The summed E-state index contributed by atoms with van der Waals surface area (Å²) in [7, 11) is 0. The number of amides is 1. The summed E-state index contributed by atoms with van der Waals surface area (Å²) in [6.45, 7) is 6.46. The second-order valence-electron chi connectivity index (χ2n) is 8.49. The maximum atomic E-state index is 13.0. The fraction of sp³-hybridized carbons (Fsp3) is 0.241. The Morgan fingerprint density at radius 1 is 0.941 bits per heavy atom. The van der Waals surface area contributed by atoms with Gasteiger partial charge < -0.3 is 14.6 Å². The van der Waals surface area contributed by atoms with Gasteiger partial charge in [-0.3, -0.25) is 4.79 Å². The fourth-order valence-electron chi connectivity index (χ4n) is 4.13. The van der Waals surface area contributed by atoms with Gasteiger partial charge in [0.05, 0.1) is 24.8 Å². The van der Waals surface area contributed by atoms with Crippen LogP contribution in [-0.4, -0.2) is 17.7 Å². The first-order valence-electron chi connectivity index (χ1n) is 11.5. The van der Waals surface area contributed by atoms with E-state index in [0.717, 1.165) is 51.4 Å². The van der Waals surface area contributed by atoms with E-state index in [0.29, 0.717) is 13.0 Å². The third-order valence-corrected chi connectivity index (χ3v) is 6.03. The zero-order chi connectivity index (χ0) is 23.9. The summed E-state index contributed by atoms with van der Waals surface area (Å²) in [5.74, 6) is 1.59. The number of ether oxygens (including phenoxy) is 1. The van der Waals surface area contributed by atoms with Crippen LogP contribution >= 0.6 is 0 Å². The van der Waals surface area contributed by atoms with Gasteiger partial charge in [-0.15, -0.1) is 0 Å². The van der Waals surface area contributed by atoms with E-state index in [1.165, 1.54) is 0 Å². The van der Waals surface area contributed by atoms with Gasteiger partial charge in [-0.1, -0.05) is 71.9 Å². The minimum Gasteiger partial charge on any atom is -0.493 e. The lowest BCUT2D eigenvalue weighted by atomic mass is 9.94. The zero-order valence-electron chi connectivity index (χ0n) is 19.9. The van der Waals surface area contributed by atoms with Crippen LogP contribution in [0, 0.1) is 20.8 Å². The summed E-state index contributed by atoms with van der Waals surface area (Å²) in [5.41, 5.74) is 6.25. The molecule has 1 N–H and O–H groups in total. The summed E-state index contributed by atoms with van der Waals surface area (Å²) < 4.78 is 11.1. The van der Waals surface area contributed by atoms with Gasteiger partial charge in [-0.25, -0.2) is 0 Å². The number of nitrogens with one attached hydrogen (secondary N) is 1. The molecule has 0 bridgehead atoms. The normalized spacial score (nSPS) is 11.7. The maximum Gasteiger partial charge on any atom is 0.225 e. The molecule has 0 aliphatic rings. The minimum absolute atomic E-state index is 0.0239. The molecule has 0 aliphatic heterocycles. The number of hydrogen-bond acceptors (Lipinski definition) is 4. The number of hydrogen-bond donors (Lipinski definition) is 1. The van der Waals surface area contributed by atoms with Crippen molar-refractivity contribution in [1.82, 2.24) is 10.5 Å². The Kier molecular flexibility index (Phi) is 7.43. The third-order valence-electron chi connectivity index (χ3n) is 6.03. The molecule has 3 aromatic carbocycles. The molecule has 34 heavy (non-hydrogen) atoms. The number of carbonyl (C=O) groups is 1. The van der Waals surface area contributed by atoms with Gasteiger partial charge >= 0.3 is 0 Å². The smallest absolute Gasteiger partial charge is 0.225 e. The van der Waals surface area contributed by atoms with Crippen molar-refractivity contribution in [2.24, 2.45) is 0 Å². The van der Waals surface area contributed by atoms with Gasteiger partial charge in [0.25, 0.3) is 0 Å². The molecule has 0 spiro atoms. The molecule has 174 valence electrons. The van der Waals surface area contributed by atoms with E-state index in [2.05, 4.69) is 29.5 Å². The molecule has 0 radical (unpaired) electrons. The van der Waals surface area contributed by atoms with Gasteiger partial charge in [0.15, 0.2) is 0 Å². The molecular weight excluding hydrogens is 424 g/mol. The number of aromatic nitrogens is 1. The first-order valence-corrected chi connectivity index (χ1v) is 11.5. The average molecular weight is 455 g/mol. The molecule has 4 aromatic rings. The highest BCUT2D eigenvalue weighted by atomic mass is 16.5. The minimum atomic E-state index is -0.193. The molecule has 5 heteroatoms. The molecule has 0 fully saturated rings. The third kappa shape index (κ3) is 5.73. The second kappa shape index (κ2) is 10.8. The van der Waals surface area contributed by atoms with Crippen LogP contribution in [0.25, 0.3) is 0 Å². The lowest BCUT2D eigenvalue weighted by Gasteiger charge is -2.22. The van der Waals surface area contributed by atoms with Crippen LogP contribution in [0.15, 0.2) is 83.4 Å². The molecule has 1 unspecified atom stereocenters. The largest absolute Gasteiger partial charge is 0.493 e. The van der Waals surface area contributed by atoms with E-state index >= 15 is 0 Å². The highest BCUT2D eigenvalue weighted by molar-refractivity contribution is 5.79. The van der Waals surface area contributed by atoms with Crippen molar-refractivity contribution in [1.29, 1.82) is 0 Å². The Balaban J connectivity index is 1.37. The quantitative estimate of drug-likeness (QED) is 0.354. The van der Waals surface area contributed by atoms with Gasteiger partial charge in [0.1, 0.15) is 11.5 Å². The number of aryl methyl sites for hydroxylation is 3. The lowest BCUT2D eigenvalue weighted by Crippen LogP contribution is -2.31. The Hall–Kier alpha value is -3.86. The molecule has 1 heterocycles. The average Bonchev–Trinajstić information content (AvgIpc) is 3.17. The Bertz CT molecular complexity index is 1210. The van der Waals surface area contributed by atoms with Crippen LogP contribution in [0.5, 0.6) is 5.75 Å². The maximum absolute atomic E-state index is 13.0. The first kappa shape index (κ1) is 23.3. The van der Waals surface area contributed by atoms with Crippen molar-refractivity contribution < 1.29 is 14.1 Å². The Morgan fingerprint density at radius 3 is 2.32 bits per heavy atom. The first-order chi connectivity index (χ1) is 16.5. The molecule has 1 atom stereocenters. The van der Waals surface area contributed by atoms with Gasteiger partial charge in [-0.2, -0.15) is 0 Å². The highest BCUT2D eigenvalue weighted by Crippen LogP contribution is 2.25. The van der Waals surface area contributed by atoms with Crippen LogP contribution in [0.3, 0.4) is 0 Å². The van der Waals surface area contributed by atoms with Crippen LogP contribution in [-0.2, 0) is 17.6 Å². The van der Waals surface area contributed by atoms with E-state index < -0.39 is 0 Å². The van der Waals surface area contributed by atoms with Gasteiger partial charge in [-0.05, 0) is 55.2 Å². The molecule has 5 nitrogen and oxygen atoms in total. The summed E-state index contributed by atoms with van der Waals surface area (Å²) in [6, 6.07) is 25.7. The SMILES string of the molecule is Cc1ccccc1C(NC(=O)Cc1ccc(OCCc2c(C)noc2C)cc1)c1ccccc1. The van der Waals surface area contributed by atoms with Crippen LogP contribution in [0.4, 0.5) is 0 Å². The van der Waals surface area contributed by atoms with Crippen LogP contribution in [0.2, 0.25) is 0 Å². The van der Waals surface area contributed by atoms with E-state index in [1.807, 2.05) is 80.6 Å². The molecular formula is C29H30N2O3. The van der Waals surface area contributed by atoms with Crippen molar-refractivity contribution in [2.75, 3.05) is 6.61 Å². The van der Waals surface area contributed by atoms with E-state index in [9.17, 15) is 4.79 Å². The predicted octanol–water partition coefficient (Wildman–Crippen LogP) is 5.67. The number of rotatable bonds is 9. The van der Waals surface area contributed by atoms with Gasteiger partial charge in [0, 0.05) is 12.0 Å². The summed E-state index contributed by atoms with van der Waals surface area (Å²) in [4.78, 5) is 13.0. The molecule has 1 amide bonds. The second-order valence-corrected chi connectivity index (χ2v) is 8.49. The van der Waals surface area contributed by atoms with Crippen molar-refractivity contribution in [2.45, 2.75) is 39.7 Å². The summed E-state index contributed by atoms with van der Waals surface area (Å²) in [6.07, 6.45) is 1.04. The van der Waals surface area contributed by atoms with E-state index in [-0.39, 0.29) is 11.9 Å². The van der Waals surface area contributed by atoms with Crippen molar-refractivity contribution in [3.63, 3.8) is 0 Å². The molecule has 0 saturated carbocycles. The fourth-order valence-corrected chi connectivity index (χ4v) is 4.13. The van der Waals surface area contributed by atoms with E-state index in [4.69, 9.17) is 9.26 Å². The molecule has 0 saturated heterocycles. The monoisotopic (exact) mass is 454 g/mol. The molecule has 4 rings (SSSR count). The topological polar surface area (TPSA) is 64.4 Å². The van der Waals surface area contributed by atoms with Crippen molar-refractivity contribution >= 4 is 5.91 Å². The zero-order valence-corrected chi connectivity index (χ0v) is 19.9. The standard InChI is InChI=1S/C29H30N2O3/c1-20-9-7-8-12-26(20)29(24-10-5-4-6-11-24)30-28(32)19-23-13-15-25(16-14-23)33-18-17-27-21(2)31-34-22(27)3/h4-16,29H,17-19H2,1-3H3,(H,30,32). The van der Waals surface area contributed by atoms with Gasteiger partial charge in [0.2, 0.25) is 5.91 Å². The summed E-state index contributed by atoms with van der Waals surface area (Å²) >= 11 is 0. The lowest BCUT2D eigenvalue weighted by molar-refractivity contribution is -0.120. The van der Waals surface area contributed by atoms with Crippen molar-refractivity contribution in [3.05, 3.63) is 118 Å². The number of carbonyl (C=O) groups excluding carboxylic acids is 1. The summed E-state index contributed by atoms with van der Waals surface area (Å²) in [5, 5.41) is 7.21.